The van der Waals surface area contributed by atoms with Crippen molar-refractivity contribution >= 4 is 33.6 Å². The number of carboxylic acids is 1. The van der Waals surface area contributed by atoms with Crippen molar-refractivity contribution in [3.63, 3.8) is 0 Å². The Morgan fingerprint density at radius 2 is 2.21 bits per heavy atom. The van der Waals surface area contributed by atoms with Crippen LogP contribution in [-0.4, -0.2) is 35.1 Å². The Hall–Kier alpha value is -1.56. The molecule has 0 spiro atoms. The molecule has 2 amide bonds. The number of nitrogens with one attached hydrogen (secondary N) is 1. The summed E-state index contributed by atoms with van der Waals surface area (Å²) in [6.07, 6.45) is 1.00. The highest BCUT2D eigenvalue weighted by Crippen LogP contribution is 2.25. The first-order chi connectivity index (χ1) is 8.97. The van der Waals surface area contributed by atoms with Gasteiger partial charge in [0.15, 0.2) is 0 Å². The van der Waals surface area contributed by atoms with Crippen LogP contribution >= 0.6 is 15.9 Å². The first-order valence-corrected chi connectivity index (χ1v) is 6.85. The number of likely N-dealkylation sites (tertiary alicyclic amines) is 1. The molecule has 0 aliphatic carbocycles. The summed E-state index contributed by atoms with van der Waals surface area (Å²) >= 11 is 3.30. The Morgan fingerprint density at radius 1 is 1.47 bits per heavy atom. The molecule has 0 saturated carbocycles. The van der Waals surface area contributed by atoms with Crippen LogP contribution < -0.4 is 5.32 Å². The van der Waals surface area contributed by atoms with E-state index in [1.165, 1.54) is 12.1 Å². The summed E-state index contributed by atoms with van der Waals surface area (Å²) in [5.41, 5.74) is 0.623. The molecule has 0 aromatic heterocycles. The van der Waals surface area contributed by atoms with Crippen molar-refractivity contribution in [3.8, 4) is 0 Å². The van der Waals surface area contributed by atoms with Crippen LogP contribution in [0.4, 0.5) is 10.5 Å². The Bertz CT molecular complexity index is 519. The van der Waals surface area contributed by atoms with Crippen molar-refractivity contribution < 1.29 is 14.7 Å². The summed E-state index contributed by atoms with van der Waals surface area (Å²) in [5, 5.41) is 11.7. The lowest BCUT2D eigenvalue weighted by Gasteiger charge is -2.17. The third kappa shape index (κ3) is 3.26. The Morgan fingerprint density at radius 3 is 2.79 bits per heavy atom. The molecular weight excluding hydrogens is 312 g/mol. The summed E-state index contributed by atoms with van der Waals surface area (Å²) in [6, 6.07) is 4.36. The van der Waals surface area contributed by atoms with E-state index in [9.17, 15) is 9.59 Å². The Kier molecular flexibility index (Phi) is 4.09. The molecule has 1 aromatic carbocycles. The van der Waals surface area contributed by atoms with Crippen LogP contribution in [0, 0.1) is 5.92 Å². The number of aromatic carboxylic acids is 1. The van der Waals surface area contributed by atoms with Crippen LogP contribution in [0.15, 0.2) is 22.7 Å². The minimum atomic E-state index is -1.02. The maximum absolute atomic E-state index is 12.0. The molecule has 0 radical (unpaired) electrons. The number of hydrogen-bond acceptors (Lipinski definition) is 2. The number of rotatable bonds is 2. The van der Waals surface area contributed by atoms with Gasteiger partial charge in [0.1, 0.15) is 0 Å². The summed E-state index contributed by atoms with van der Waals surface area (Å²) in [4.78, 5) is 24.7. The molecular formula is C13H15BrN2O3. The van der Waals surface area contributed by atoms with Crippen molar-refractivity contribution in [1.82, 2.24) is 4.90 Å². The molecule has 1 atom stereocenters. The van der Waals surface area contributed by atoms with Gasteiger partial charge in [0.2, 0.25) is 0 Å². The van der Waals surface area contributed by atoms with Crippen LogP contribution in [0.5, 0.6) is 0 Å². The third-order valence-corrected chi connectivity index (χ3v) is 3.86. The monoisotopic (exact) mass is 326 g/mol. The summed E-state index contributed by atoms with van der Waals surface area (Å²) in [5.74, 6) is -0.502. The lowest BCUT2D eigenvalue weighted by molar-refractivity contribution is 0.0697. The van der Waals surface area contributed by atoms with Gasteiger partial charge >= 0.3 is 12.0 Å². The van der Waals surface area contributed by atoms with E-state index in [1.54, 1.807) is 11.0 Å². The molecule has 1 unspecified atom stereocenters. The van der Waals surface area contributed by atoms with Crippen LogP contribution in [0.1, 0.15) is 23.7 Å². The predicted octanol–water partition coefficient (Wildman–Crippen LogP) is 3.02. The van der Waals surface area contributed by atoms with E-state index in [0.717, 1.165) is 19.5 Å². The maximum atomic E-state index is 12.0. The van der Waals surface area contributed by atoms with Gasteiger partial charge in [-0.3, -0.25) is 0 Å². The summed E-state index contributed by atoms with van der Waals surface area (Å²) < 4.78 is 0.665. The van der Waals surface area contributed by atoms with Gasteiger partial charge in [-0.15, -0.1) is 0 Å². The number of halogens is 1. The average molecular weight is 327 g/mol. The Labute approximate surface area is 119 Å². The van der Waals surface area contributed by atoms with Gasteiger partial charge < -0.3 is 15.3 Å². The number of benzene rings is 1. The number of carbonyl (C=O) groups is 2. The second-order valence-corrected chi connectivity index (χ2v) is 5.62. The zero-order chi connectivity index (χ0) is 14.0. The number of carboxylic acid groups (broad SMARTS) is 1. The van der Waals surface area contributed by atoms with Gasteiger partial charge in [0.25, 0.3) is 0 Å². The minimum absolute atomic E-state index is 0.147. The number of anilines is 1. The summed E-state index contributed by atoms with van der Waals surface area (Å²) in [6.45, 7) is 3.58. The SMILES string of the molecule is CC1CCN(C(=O)Nc2cc(C(=O)O)ccc2Br)C1. The lowest BCUT2D eigenvalue weighted by Crippen LogP contribution is -2.32. The highest BCUT2D eigenvalue weighted by Gasteiger charge is 2.23. The van der Waals surface area contributed by atoms with Crippen molar-refractivity contribution in [2.45, 2.75) is 13.3 Å². The second kappa shape index (κ2) is 5.61. The molecule has 1 aliphatic heterocycles. The van der Waals surface area contributed by atoms with Gasteiger partial charge in [0.05, 0.1) is 11.3 Å². The second-order valence-electron chi connectivity index (χ2n) is 4.77. The van der Waals surface area contributed by atoms with Crippen LogP contribution in [0.3, 0.4) is 0 Å². The fourth-order valence-corrected chi connectivity index (χ4v) is 2.41. The van der Waals surface area contributed by atoms with E-state index in [-0.39, 0.29) is 11.6 Å². The van der Waals surface area contributed by atoms with Gasteiger partial charge in [-0.1, -0.05) is 6.92 Å². The standard InChI is InChI=1S/C13H15BrN2O3/c1-8-4-5-16(7-8)13(19)15-11-6-9(12(17)18)2-3-10(11)14/h2-3,6,8H,4-5,7H2,1H3,(H,15,19)(H,17,18). The zero-order valence-corrected chi connectivity index (χ0v) is 12.1. The molecule has 1 heterocycles. The number of nitrogens with zero attached hydrogens (tertiary/aromatic N) is 1. The molecule has 6 heteroatoms. The first-order valence-electron chi connectivity index (χ1n) is 6.06. The van der Waals surface area contributed by atoms with Gasteiger partial charge in [-0.05, 0) is 46.5 Å². The average Bonchev–Trinajstić information content (AvgIpc) is 2.78. The Balaban J connectivity index is 2.12. The maximum Gasteiger partial charge on any atom is 0.335 e. The molecule has 1 fully saturated rings. The van der Waals surface area contributed by atoms with E-state index in [0.29, 0.717) is 16.1 Å². The normalized spacial score (nSPS) is 18.4. The highest BCUT2D eigenvalue weighted by atomic mass is 79.9. The van der Waals surface area contributed by atoms with E-state index in [2.05, 4.69) is 28.2 Å². The lowest BCUT2D eigenvalue weighted by atomic mass is 10.2. The molecule has 2 rings (SSSR count). The fraction of sp³-hybridized carbons (Fsp3) is 0.385. The number of carbonyl (C=O) groups excluding carboxylic acids is 1. The van der Waals surface area contributed by atoms with E-state index in [4.69, 9.17) is 5.11 Å². The smallest absolute Gasteiger partial charge is 0.335 e. The predicted molar refractivity (Wildman–Crippen MR) is 75.5 cm³/mol. The van der Waals surface area contributed by atoms with Crippen molar-refractivity contribution in [2.75, 3.05) is 18.4 Å². The first kappa shape index (κ1) is 13.9. The van der Waals surface area contributed by atoms with Crippen LogP contribution in [-0.2, 0) is 0 Å². The largest absolute Gasteiger partial charge is 0.478 e. The van der Waals surface area contributed by atoms with E-state index >= 15 is 0 Å². The van der Waals surface area contributed by atoms with E-state index in [1.807, 2.05) is 0 Å². The quantitative estimate of drug-likeness (QED) is 0.877. The highest BCUT2D eigenvalue weighted by molar-refractivity contribution is 9.10. The van der Waals surface area contributed by atoms with Crippen LogP contribution in [0.2, 0.25) is 0 Å². The van der Waals surface area contributed by atoms with Gasteiger partial charge in [-0.25, -0.2) is 9.59 Å². The number of urea groups is 1. The molecule has 102 valence electrons. The number of hydrogen-bond donors (Lipinski definition) is 2. The van der Waals surface area contributed by atoms with Crippen molar-refractivity contribution in [1.29, 1.82) is 0 Å². The molecule has 19 heavy (non-hydrogen) atoms. The number of amides is 2. The fourth-order valence-electron chi connectivity index (χ4n) is 2.07. The van der Waals surface area contributed by atoms with Crippen LogP contribution in [0.25, 0.3) is 0 Å². The molecule has 2 N–H and O–H groups in total. The molecule has 5 nitrogen and oxygen atoms in total. The topological polar surface area (TPSA) is 69.6 Å². The van der Waals surface area contributed by atoms with Gasteiger partial charge in [-0.2, -0.15) is 0 Å². The molecule has 1 aliphatic rings. The van der Waals surface area contributed by atoms with Crippen molar-refractivity contribution in [2.24, 2.45) is 5.92 Å². The van der Waals surface area contributed by atoms with Gasteiger partial charge in [0, 0.05) is 17.6 Å². The third-order valence-electron chi connectivity index (χ3n) is 3.17. The molecule has 1 saturated heterocycles. The minimum Gasteiger partial charge on any atom is -0.478 e. The van der Waals surface area contributed by atoms with Crippen molar-refractivity contribution in [3.05, 3.63) is 28.2 Å². The van der Waals surface area contributed by atoms with E-state index < -0.39 is 5.97 Å². The molecule has 1 aromatic rings. The zero-order valence-electron chi connectivity index (χ0n) is 10.5. The molecule has 0 bridgehead atoms. The summed E-state index contributed by atoms with van der Waals surface area (Å²) in [7, 11) is 0.